The summed E-state index contributed by atoms with van der Waals surface area (Å²) in [5.41, 5.74) is 9.38. The average Bonchev–Trinajstić information content (AvgIpc) is 3.09. The number of nitrogens with two attached hydrogens (primary N) is 1. The minimum absolute atomic E-state index is 0.144. The number of benzene rings is 3. The number of para-hydroxylation sites is 2. The van der Waals surface area contributed by atoms with E-state index in [-0.39, 0.29) is 30.7 Å². The summed E-state index contributed by atoms with van der Waals surface area (Å²) in [5.74, 6) is -1.87. The Morgan fingerprint density at radius 1 is 0.681 bits per heavy atom. The smallest absolute Gasteiger partial charge is 0.256 e. The van der Waals surface area contributed by atoms with Crippen molar-refractivity contribution in [2.24, 2.45) is 5.73 Å². The summed E-state index contributed by atoms with van der Waals surface area (Å²) in [5, 5.41) is 15.9. The molecule has 2 aromatic heterocycles. The zero-order valence-corrected chi connectivity index (χ0v) is 25.7. The summed E-state index contributed by atoms with van der Waals surface area (Å²) in [6.07, 6.45) is 6.42. The number of carbonyl (C=O) groups is 4. The van der Waals surface area contributed by atoms with Crippen LogP contribution < -0.4 is 21.8 Å². The van der Waals surface area contributed by atoms with Crippen molar-refractivity contribution in [3.63, 3.8) is 0 Å². The Morgan fingerprint density at radius 3 is 1.96 bits per heavy atom. The van der Waals surface area contributed by atoms with Gasteiger partial charge in [0.1, 0.15) is 0 Å². The van der Waals surface area contributed by atoms with Gasteiger partial charge in [-0.05, 0) is 54.3 Å². The number of anilines is 2. The van der Waals surface area contributed by atoms with Gasteiger partial charge in [0, 0.05) is 48.1 Å². The van der Waals surface area contributed by atoms with Crippen LogP contribution in [0.1, 0.15) is 49.7 Å². The Hall–Kier alpha value is -5.52. The van der Waals surface area contributed by atoms with E-state index in [0.717, 1.165) is 23.6 Å². The third kappa shape index (κ3) is 7.83. The highest BCUT2D eigenvalue weighted by atomic mass is 16.5. The Morgan fingerprint density at radius 2 is 1.28 bits per heavy atom. The standard InChI is InChI=1S/C36H36N6O5/c37-36(30(43)23-26-11-5-9-24-12-7-21-38-33(24)26,35(46)41-29-14-6-10-25-13-8-22-39-34(25)29)27-17-19-28(20-18-27)40-31(44)15-3-1-2-4-16-32(45)42-47/h5-14,17-22,47H,1-4,15-16,23,37H2,(H,40,44)(H,41,46)(H,42,45). The van der Waals surface area contributed by atoms with Crippen molar-refractivity contribution in [1.29, 1.82) is 0 Å². The Labute approximate surface area is 271 Å². The van der Waals surface area contributed by atoms with E-state index in [0.29, 0.717) is 40.8 Å². The number of carbonyl (C=O) groups excluding carboxylic acids is 4. The molecular formula is C36H36N6O5. The molecule has 11 heteroatoms. The van der Waals surface area contributed by atoms with Gasteiger partial charge in [-0.3, -0.25) is 34.4 Å². The van der Waals surface area contributed by atoms with Gasteiger partial charge in [-0.25, -0.2) is 5.48 Å². The van der Waals surface area contributed by atoms with Gasteiger partial charge in [0.25, 0.3) is 5.91 Å². The van der Waals surface area contributed by atoms with Crippen LogP contribution in [0.3, 0.4) is 0 Å². The number of ketones is 1. The number of hydroxylamine groups is 1. The lowest BCUT2D eigenvalue weighted by molar-refractivity contribution is -0.133. The maximum atomic E-state index is 14.2. The number of fused-ring (bicyclic) bond motifs is 2. The van der Waals surface area contributed by atoms with Gasteiger partial charge >= 0.3 is 0 Å². The minimum Gasteiger partial charge on any atom is -0.326 e. The van der Waals surface area contributed by atoms with Gasteiger partial charge in [0.05, 0.1) is 16.7 Å². The molecule has 3 aromatic carbocycles. The van der Waals surface area contributed by atoms with E-state index < -0.39 is 23.1 Å². The first-order chi connectivity index (χ1) is 22.8. The third-order valence-corrected chi connectivity index (χ3v) is 8.05. The lowest BCUT2D eigenvalue weighted by Crippen LogP contribution is -2.55. The number of hydrogen-bond acceptors (Lipinski definition) is 8. The van der Waals surface area contributed by atoms with Gasteiger partial charge in [-0.2, -0.15) is 0 Å². The maximum Gasteiger partial charge on any atom is 0.256 e. The molecule has 0 radical (unpaired) electrons. The van der Waals surface area contributed by atoms with Gasteiger partial charge in [-0.15, -0.1) is 0 Å². The van der Waals surface area contributed by atoms with Crippen molar-refractivity contribution in [2.75, 3.05) is 10.6 Å². The highest BCUT2D eigenvalue weighted by Gasteiger charge is 2.43. The summed E-state index contributed by atoms with van der Waals surface area (Å²) >= 11 is 0. The average molecular weight is 633 g/mol. The highest BCUT2D eigenvalue weighted by Crippen LogP contribution is 2.29. The van der Waals surface area contributed by atoms with E-state index in [4.69, 9.17) is 10.9 Å². The van der Waals surface area contributed by atoms with E-state index in [2.05, 4.69) is 20.6 Å². The topological polar surface area (TPSA) is 176 Å². The second-order valence-electron chi connectivity index (χ2n) is 11.3. The molecule has 0 aliphatic carbocycles. The van der Waals surface area contributed by atoms with Crippen LogP contribution in [0.4, 0.5) is 11.4 Å². The van der Waals surface area contributed by atoms with Crippen LogP contribution in [0.15, 0.2) is 97.3 Å². The Kier molecular flexibility index (Phi) is 10.6. The third-order valence-electron chi connectivity index (χ3n) is 8.05. The molecule has 5 rings (SSSR count). The van der Waals surface area contributed by atoms with Crippen molar-refractivity contribution in [3.8, 4) is 0 Å². The van der Waals surface area contributed by atoms with Crippen molar-refractivity contribution < 1.29 is 24.4 Å². The molecule has 0 saturated heterocycles. The quantitative estimate of drug-likeness (QED) is 0.0482. The van der Waals surface area contributed by atoms with Gasteiger partial charge in [0.15, 0.2) is 11.3 Å². The second kappa shape index (κ2) is 15.2. The number of nitrogens with one attached hydrogen (secondary N) is 3. The van der Waals surface area contributed by atoms with Crippen molar-refractivity contribution >= 4 is 56.7 Å². The molecule has 3 amide bonds. The van der Waals surface area contributed by atoms with Crippen LogP contribution in [-0.4, -0.2) is 38.7 Å². The number of hydrogen-bond donors (Lipinski definition) is 5. The first kappa shape index (κ1) is 32.9. The van der Waals surface area contributed by atoms with Crippen LogP contribution in [0, 0.1) is 0 Å². The first-order valence-corrected chi connectivity index (χ1v) is 15.4. The number of unbranched alkanes of at least 4 members (excludes halogenated alkanes) is 3. The number of amides is 3. The van der Waals surface area contributed by atoms with Gasteiger partial charge in [-0.1, -0.05) is 67.4 Å². The summed E-state index contributed by atoms with van der Waals surface area (Å²) in [6.45, 7) is 0. The normalized spacial score (nSPS) is 12.3. The fraction of sp³-hybridized carbons (Fsp3) is 0.222. The van der Waals surface area contributed by atoms with Gasteiger partial charge < -0.3 is 16.4 Å². The van der Waals surface area contributed by atoms with Crippen LogP contribution >= 0.6 is 0 Å². The molecule has 11 nitrogen and oxygen atoms in total. The van der Waals surface area contributed by atoms with Crippen LogP contribution in [-0.2, 0) is 31.1 Å². The second-order valence-corrected chi connectivity index (χ2v) is 11.3. The molecule has 240 valence electrons. The molecule has 1 unspecified atom stereocenters. The molecule has 0 bridgehead atoms. The SMILES string of the molecule is NC(C(=O)Cc1cccc2cccnc12)(C(=O)Nc1cccc2cccnc12)c1ccc(NC(=O)CCCCCCC(=O)NO)cc1. The molecule has 0 aliphatic heterocycles. The highest BCUT2D eigenvalue weighted by molar-refractivity contribution is 6.18. The molecule has 0 fully saturated rings. The Balaban J connectivity index is 1.35. The fourth-order valence-electron chi connectivity index (χ4n) is 5.49. The predicted octanol–water partition coefficient (Wildman–Crippen LogP) is 5.17. The maximum absolute atomic E-state index is 14.2. The zero-order chi connectivity index (χ0) is 33.2. The summed E-state index contributed by atoms with van der Waals surface area (Å²) in [7, 11) is 0. The van der Waals surface area contributed by atoms with Crippen molar-refractivity contribution in [2.45, 2.75) is 50.5 Å². The molecule has 47 heavy (non-hydrogen) atoms. The summed E-state index contributed by atoms with van der Waals surface area (Å²) in [4.78, 5) is 60.7. The molecule has 5 aromatic rings. The predicted molar refractivity (Wildman–Crippen MR) is 179 cm³/mol. The van der Waals surface area contributed by atoms with Crippen molar-refractivity contribution in [3.05, 3.63) is 108 Å². The van der Waals surface area contributed by atoms with E-state index in [9.17, 15) is 19.2 Å². The molecule has 0 aliphatic rings. The molecule has 1 atom stereocenters. The van der Waals surface area contributed by atoms with Gasteiger partial charge in [0.2, 0.25) is 11.8 Å². The zero-order valence-electron chi connectivity index (χ0n) is 25.7. The molecule has 2 heterocycles. The number of pyridine rings is 2. The molecule has 0 spiro atoms. The van der Waals surface area contributed by atoms with Crippen LogP contribution in [0.2, 0.25) is 0 Å². The van der Waals surface area contributed by atoms with E-state index in [1.165, 1.54) is 0 Å². The number of rotatable bonds is 14. The Bertz CT molecular complexity index is 1810. The number of aromatic nitrogens is 2. The molecular weight excluding hydrogens is 596 g/mol. The molecule has 6 N–H and O–H groups in total. The van der Waals surface area contributed by atoms with Crippen LogP contribution in [0.25, 0.3) is 21.8 Å². The lowest BCUT2D eigenvalue weighted by atomic mass is 9.82. The van der Waals surface area contributed by atoms with Crippen LogP contribution in [0.5, 0.6) is 0 Å². The minimum atomic E-state index is -2.09. The number of nitrogens with zero attached hydrogens (tertiary/aromatic N) is 2. The lowest BCUT2D eigenvalue weighted by Gasteiger charge is -2.28. The van der Waals surface area contributed by atoms with E-state index >= 15 is 0 Å². The van der Waals surface area contributed by atoms with E-state index in [1.807, 2.05) is 36.4 Å². The van der Waals surface area contributed by atoms with Crippen molar-refractivity contribution in [1.82, 2.24) is 15.4 Å². The fourth-order valence-corrected chi connectivity index (χ4v) is 5.49. The summed E-state index contributed by atoms with van der Waals surface area (Å²) in [6, 6.07) is 24.7. The van der Waals surface area contributed by atoms with E-state index in [1.54, 1.807) is 66.4 Å². The number of Topliss-reactive ketones (excluding diaryl/α,β-unsaturated/α-hetero) is 1. The monoisotopic (exact) mass is 632 g/mol. The summed E-state index contributed by atoms with van der Waals surface area (Å²) < 4.78 is 0. The molecule has 0 saturated carbocycles. The first-order valence-electron chi connectivity index (χ1n) is 15.4. The largest absolute Gasteiger partial charge is 0.326 e.